The van der Waals surface area contributed by atoms with Gasteiger partial charge in [0, 0.05) is 12.2 Å². The normalized spacial score (nSPS) is 11.0. The minimum absolute atomic E-state index is 0.273. The summed E-state index contributed by atoms with van der Waals surface area (Å²) in [5.41, 5.74) is 1.05. The number of carbonyl (C=O) groups excluding carboxylic acids is 2. The molecule has 0 aliphatic carbocycles. The van der Waals surface area contributed by atoms with Crippen LogP contribution in [-0.4, -0.2) is 18.0 Å². The van der Waals surface area contributed by atoms with E-state index < -0.39 is 18.0 Å². The Morgan fingerprint density at radius 3 is 2.42 bits per heavy atom. The number of alkyl halides is 3. The molecule has 24 heavy (non-hydrogen) atoms. The summed E-state index contributed by atoms with van der Waals surface area (Å²) >= 11 is 5.93. The molecule has 2 aromatic carbocycles. The second-order valence-electron chi connectivity index (χ2n) is 4.81. The molecule has 0 radical (unpaired) electrons. The first-order chi connectivity index (χ1) is 11.3. The molecule has 0 atom stereocenters. The molecule has 0 spiro atoms. The van der Waals surface area contributed by atoms with Gasteiger partial charge >= 0.3 is 12.1 Å². The smallest absolute Gasteiger partial charge is 0.344 e. The van der Waals surface area contributed by atoms with Crippen LogP contribution in [0.15, 0.2) is 48.5 Å². The minimum Gasteiger partial charge on any atom is -0.344 e. The topological polar surface area (TPSA) is 58.2 Å². The van der Waals surface area contributed by atoms with Gasteiger partial charge < -0.3 is 10.6 Å². The second-order valence-corrected chi connectivity index (χ2v) is 5.22. The summed E-state index contributed by atoms with van der Waals surface area (Å²) in [6.45, 7) is -0.311. The number of hydrogen-bond donors (Lipinski definition) is 2. The molecule has 126 valence electrons. The maximum absolute atomic E-state index is 12.1. The monoisotopic (exact) mass is 356 g/mol. The molecular formula is C16H12ClF3N2O2. The quantitative estimate of drug-likeness (QED) is 0.876. The first kappa shape index (κ1) is 17.8. The van der Waals surface area contributed by atoms with Crippen molar-refractivity contribution >= 4 is 29.1 Å². The van der Waals surface area contributed by atoms with Crippen LogP contribution >= 0.6 is 11.6 Å². The highest BCUT2D eigenvalue weighted by atomic mass is 35.5. The molecule has 0 aliphatic rings. The van der Waals surface area contributed by atoms with E-state index in [0.717, 1.165) is 0 Å². The van der Waals surface area contributed by atoms with Crippen molar-refractivity contribution in [2.75, 3.05) is 5.32 Å². The Morgan fingerprint density at radius 2 is 1.75 bits per heavy atom. The number of rotatable bonds is 4. The van der Waals surface area contributed by atoms with E-state index in [2.05, 4.69) is 5.32 Å². The van der Waals surface area contributed by atoms with Gasteiger partial charge in [0.25, 0.3) is 5.91 Å². The van der Waals surface area contributed by atoms with Gasteiger partial charge in [-0.15, -0.1) is 0 Å². The van der Waals surface area contributed by atoms with Gasteiger partial charge in [-0.25, -0.2) is 0 Å². The number of halogens is 4. The van der Waals surface area contributed by atoms with Crippen LogP contribution in [0.3, 0.4) is 0 Å². The second kappa shape index (κ2) is 7.35. The summed E-state index contributed by atoms with van der Waals surface area (Å²) < 4.78 is 36.4. The van der Waals surface area contributed by atoms with Crippen molar-refractivity contribution in [1.29, 1.82) is 0 Å². The van der Waals surface area contributed by atoms with Crippen LogP contribution in [0, 0.1) is 0 Å². The van der Waals surface area contributed by atoms with Gasteiger partial charge in [0.1, 0.15) is 0 Å². The molecule has 0 unspecified atom stereocenters. The van der Waals surface area contributed by atoms with Crippen LogP contribution < -0.4 is 10.6 Å². The summed E-state index contributed by atoms with van der Waals surface area (Å²) in [4.78, 5) is 22.9. The van der Waals surface area contributed by atoms with Crippen LogP contribution in [0.2, 0.25) is 5.02 Å². The van der Waals surface area contributed by atoms with Gasteiger partial charge in [-0.05, 0) is 29.8 Å². The Kier molecular flexibility index (Phi) is 5.46. The molecule has 0 aliphatic heterocycles. The number of anilines is 1. The summed E-state index contributed by atoms with van der Waals surface area (Å²) in [6.07, 6.45) is -4.93. The van der Waals surface area contributed by atoms with E-state index in [1.807, 2.05) is 0 Å². The highest BCUT2D eigenvalue weighted by Crippen LogP contribution is 2.18. The lowest BCUT2D eigenvalue weighted by atomic mass is 10.1. The fourth-order valence-electron chi connectivity index (χ4n) is 1.89. The molecule has 0 fully saturated rings. The highest BCUT2D eigenvalue weighted by molar-refractivity contribution is 6.34. The Balaban J connectivity index is 2.04. The first-order valence-electron chi connectivity index (χ1n) is 6.77. The molecule has 0 heterocycles. The third-order valence-corrected chi connectivity index (χ3v) is 3.34. The average Bonchev–Trinajstić information content (AvgIpc) is 2.52. The van der Waals surface area contributed by atoms with Gasteiger partial charge in [0.05, 0.1) is 10.6 Å². The van der Waals surface area contributed by atoms with Crippen molar-refractivity contribution in [1.82, 2.24) is 5.32 Å². The van der Waals surface area contributed by atoms with Gasteiger partial charge in [0.15, 0.2) is 0 Å². The molecule has 8 heteroatoms. The zero-order chi connectivity index (χ0) is 17.7. The van der Waals surface area contributed by atoms with Gasteiger partial charge in [-0.1, -0.05) is 35.9 Å². The van der Waals surface area contributed by atoms with Crippen molar-refractivity contribution in [3.63, 3.8) is 0 Å². The molecule has 2 N–H and O–H groups in total. The molecule has 0 aromatic heterocycles. The van der Waals surface area contributed by atoms with Crippen LogP contribution in [-0.2, 0) is 11.3 Å². The van der Waals surface area contributed by atoms with Gasteiger partial charge in [-0.3, -0.25) is 9.59 Å². The third kappa shape index (κ3) is 4.73. The summed E-state index contributed by atoms with van der Waals surface area (Å²) in [5, 5.41) is 4.64. The van der Waals surface area contributed by atoms with Crippen molar-refractivity contribution in [2.24, 2.45) is 0 Å². The molecule has 0 saturated heterocycles. The van der Waals surface area contributed by atoms with Crippen molar-refractivity contribution in [3.05, 3.63) is 64.7 Å². The fourth-order valence-corrected chi connectivity index (χ4v) is 2.11. The summed E-state index contributed by atoms with van der Waals surface area (Å²) in [5.74, 6) is -2.47. The Hall–Kier alpha value is -2.54. The first-order valence-corrected chi connectivity index (χ1v) is 7.15. The van der Waals surface area contributed by atoms with Gasteiger partial charge in [-0.2, -0.15) is 13.2 Å². The fraction of sp³-hybridized carbons (Fsp3) is 0.125. The Bertz CT molecular complexity index is 763. The lowest BCUT2D eigenvalue weighted by Gasteiger charge is -2.10. The number of amides is 2. The van der Waals surface area contributed by atoms with E-state index in [0.29, 0.717) is 11.3 Å². The largest absolute Gasteiger partial charge is 0.471 e. The average molecular weight is 357 g/mol. The number of nitrogens with one attached hydrogen (secondary N) is 2. The molecule has 0 bridgehead atoms. The molecule has 2 aromatic rings. The highest BCUT2D eigenvalue weighted by Gasteiger charge is 2.38. The SMILES string of the molecule is O=C(Nc1cccc(CNC(=O)C(F)(F)F)c1)c1ccccc1Cl. The number of hydrogen-bond acceptors (Lipinski definition) is 2. The molecule has 4 nitrogen and oxygen atoms in total. The predicted octanol–water partition coefficient (Wildman–Crippen LogP) is 3.77. The summed E-state index contributed by atoms with van der Waals surface area (Å²) in [7, 11) is 0. The van der Waals surface area contributed by atoms with Gasteiger partial charge in [0.2, 0.25) is 0 Å². The standard InChI is InChI=1S/C16H12ClF3N2O2/c17-13-7-2-1-6-12(13)14(23)22-11-5-3-4-10(8-11)9-21-15(24)16(18,19)20/h1-8H,9H2,(H,21,24)(H,22,23). The van der Waals surface area contributed by atoms with Crippen molar-refractivity contribution in [3.8, 4) is 0 Å². The molecule has 2 amide bonds. The Labute approximate surface area is 140 Å². The van der Waals surface area contributed by atoms with Crippen LogP contribution in [0.5, 0.6) is 0 Å². The van der Waals surface area contributed by atoms with E-state index in [1.54, 1.807) is 41.7 Å². The Morgan fingerprint density at radius 1 is 1.04 bits per heavy atom. The van der Waals surface area contributed by atoms with E-state index in [-0.39, 0.29) is 17.1 Å². The molecular weight excluding hydrogens is 345 g/mol. The predicted molar refractivity (Wildman–Crippen MR) is 83.7 cm³/mol. The molecule has 0 saturated carbocycles. The summed E-state index contributed by atoms with van der Waals surface area (Å²) in [6, 6.07) is 12.6. The van der Waals surface area contributed by atoms with Crippen molar-refractivity contribution in [2.45, 2.75) is 12.7 Å². The lowest BCUT2D eigenvalue weighted by molar-refractivity contribution is -0.173. The maximum Gasteiger partial charge on any atom is 0.471 e. The van der Waals surface area contributed by atoms with E-state index in [9.17, 15) is 22.8 Å². The molecule has 2 rings (SSSR count). The zero-order valence-corrected chi connectivity index (χ0v) is 12.9. The van der Waals surface area contributed by atoms with E-state index in [1.165, 1.54) is 12.1 Å². The van der Waals surface area contributed by atoms with E-state index in [4.69, 9.17) is 11.6 Å². The third-order valence-electron chi connectivity index (χ3n) is 3.01. The van der Waals surface area contributed by atoms with Crippen LogP contribution in [0.1, 0.15) is 15.9 Å². The number of carbonyl (C=O) groups is 2. The lowest BCUT2D eigenvalue weighted by Crippen LogP contribution is -2.36. The maximum atomic E-state index is 12.1. The van der Waals surface area contributed by atoms with Crippen LogP contribution in [0.4, 0.5) is 18.9 Å². The zero-order valence-electron chi connectivity index (χ0n) is 12.2. The van der Waals surface area contributed by atoms with Crippen LogP contribution in [0.25, 0.3) is 0 Å². The van der Waals surface area contributed by atoms with E-state index >= 15 is 0 Å². The minimum atomic E-state index is -4.93. The van der Waals surface area contributed by atoms with Crippen molar-refractivity contribution < 1.29 is 22.8 Å². The number of benzene rings is 2.